The lowest BCUT2D eigenvalue weighted by Gasteiger charge is -2.08. The van der Waals surface area contributed by atoms with Crippen molar-refractivity contribution in [2.24, 2.45) is 0 Å². The van der Waals surface area contributed by atoms with Gasteiger partial charge in [-0.1, -0.05) is 0 Å². The third kappa shape index (κ3) is 3.81. The van der Waals surface area contributed by atoms with E-state index < -0.39 is 0 Å². The Bertz CT molecular complexity index is 566. The van der Waals surface area contributed by atoms with Gasteiger partial charge in [0.2, 0.25) is 0 Å². The van der Waals surface area contributed by atoms with Crippen LogP contribution in [0.25, 0.3) is 0 Å². The summed E-state index contributed by atoms with van der Waals surface area (Å²) in [6.07, 6.45) is 1.92. The highest BCUT2D eigenvalue weighted by molar-refractivity contribution is 5.29. The lowest BCUT2D eigenvalue weighted by Crippen LogP contribution is -2.06. The maximum absolute atomic E-state index is 13.5. The van der Waals surface area contributed by atoms with Crippen molar-refractivity contribution in [3.05, 3.63) is 47.5 Å². The van der Waals surface area contributed by atoms with Gasteiger partial charge in [0, 0.05) is 24.8 Å². The first-order valence-corrected chi connectivity index (χ1v) is 6.69. The highest BCUT2D eigenvalue weighted by Gasteiger charge is 2.05. The molecule has 20 heavy (non-hydrogen) atoms. The normalized spacial score (nSPS) is 11.1. The van der Waals surface area contributed by atoms with Crippen LogP contribution in [0.15, 0.2) is 30.5 Å². The molecule has 0 spiro atoms. The largest absolute Gasteiger partial charge is 0.487 e. The summed E-state index contributed by atoms with van der Waals surface area (Å²) in [6, 6.07) is 6.95. The Morgan fingerprint density at radius 1 is 1.35 bits per heavy atom. The fourth-order valence-electron chi connectivity index (χ4n) is 1.91. The van der Waals surface area contributed by atoms with Crippen LogP contribution in [0.4, 0.5) is 4.39 Å². The number of halogens is 1. The highest BCUT2D eigenvalue weighted by Crippen LogP contribution is 2.18. The van der Waals surface area contributed by atoms with Gasteiger partial charge in [0.15, 0.2) is 0 Å². The number of ether oxygens (including phenoxy) is 1. The highest BCUT2D eigenvalue weighted by atomic mass is 19.1. The summed E-state index contributed by atoms with van der Waals surface area (Å²) in [6.45, 7) is 5.07. The predicted octanol–water partition coefficient (Wildman–Crippen LogP) is 2.90. The van der Waals surface area contributed by atoms with Gasteiger partial charge in [-0.3, -0.25) is 4.68 Å². The van der Waals surface area contributed by atoms with Crippen molar-refractivity contribution >= 4 is 0 Å². The van der Waals surface area contributed by atoms with Crippen molar-refractivity contribution in [1.29, 1.82) is 0 Å². The Labute approximate surface area is 118 Å². The third-order valence-corrected chi connectivity index (χ3v) is 2.89. The SMILES string of the molecule is CNCc1cc(F)cc(OCc2ccn(C(C)C)n2)c1. The van der Waals surface area contributed by atoms with Crippen molar-refractivity contribution < 1.29 is 9.13 Å². The molecular formula is C15H20FN3O. The van der Waals surface area contributed by atoms with Gasteiger partial charge in [-0.15, -0.1) is 0 Å². The average molecular weight is 277 g/mol. The summed E-state index contributed by atoms with van der Waals surface area (Å²) in [4.78, 5) is 0. The van der Waals surface area contributed by atoms with Crippen LogP contribution in [0.5, 0.6) is 5.75 Å². The third-order valence-electron chi connectivity index (χ3n) is 2.89. The van der Waals surface area contributed by atoms with E-state index in [1.165, 1.54) is 12.1 Å². The molecule has 4 nitrogen and oxygen atoms in total. The fraction of sp³-hybridized carbons (Fsp3) is 0.400. The Kier molecular flexibility index (Phi) is 4.74. The number of aromatic nitrogens is 2. The monoisotopic (exact) mass is 277 g/mol. The molecule has 2 rings (SSSR count). The molecule has 1 aromatic carbocycles. The summed E-state index contributed by atoms with van der Waals surface area (Å²) in [7, 11) is 1.82. The molecule has 5 heteroatoms. The maximum atomic E-state index is 13.5. The smallest absolute Gasteiger partial charge is 0.132 e. The van der Waals surface area contributed by atoms with E-state index in [4.69, 9.17) is 4.74 Å². The molecule has 1 heterocycles. The van der Waals surface area contributed by atoms with Crippen LogP contribution in [0.2, 0.25) is 0 Å². The Hall–Kier alpha value is -1.88. The van der Waals surface area contributed by atoms with Crippen LogP contribution in [-0.4, -0.2) is 16.8 Å². The van der Waals surface area contributed by atoms with Gasteiger partial charge in [-0.25, -0.2) is 4.39 Å². The van der Waals surface area contributed by atoms with E-state index in [-0.39, 0.29) is 5.82 Å². The fourth-order valence-corrected chi connectivity index (χ4v) is 1.91. The molecular weight excluding hydrogens is 257 g/mol. The Morgan fingerprint density at radius 2 is 2.15 bits per heavy atom. The molecule has 0 fully saturated rings. The van der Waals surface area contributed by atoms with E-state index in [2.05, 4.69) is 24.3 Å². The number of nitrogens with zero attached hydrogens (tertiary/aromatic N) is 2. The van der Waals surface area contributed by atoms with Gasteiger partial charge in [0.05, 0.1) is 5.69 Å². The lowest BCUT2D eigenvalue weighted by atomic mass is 10.2. The lowest BCUT2D eigenvalue weighted by molar-refractivity contribution is 0.297. The van der Waals surface area contributed by atoms with Crippen LogP contribution in [-0.2, 0) is 13.2 Å². The molecule has 0 unspecified atom stereocenters. The molecule has 0 aliphatic rings. The number of rotatable bonds is 6. The van der Waals surface area contributed by atoms with E-state index in [9.17, 15) is 4.39 Å². The zero-order valence-electron chi connectivity index (χ0n) is 12.1. The van der Waals surface area contributed by atoms with E-state index in [1.54, 1.807) is 0 Å². The Balaban J connectivity index is 2.02. The standard InChI is InChI=1S/C15H20FN3O/c1-11(2)19-5-4-14(18-19)10-20-15-7-12(9-17-3)6-13(16)8-15/h4-8,11,17H,9-10H2,1-3H3. The number of hydrogen-bond donors (Lipinski definition) is 1. The molecule has 0 atom stereocenters. The second-order valence-corrected chi connectivity index (χ2v) is 5.00. The summed E-state index contributed by atoms with van der Waals surface area (Å²) in [5, 5.41) is 7.38. The minimum atomic E-state index is -0.291. The van der Waals surface area contributed by atoms with E-state index in [0.717, 1.165) is 11.3 Å². The summed E-state index contributed by atoms with van der Waals surface area (Å²) in [5.74, 6) is 0.231. The van der Waals surface area contributed by atoms with Crippen LogP contribution in [0.1, 0.15) is 31.1 Å². The molecule has 2 aromatic rings. The van der Waals surface area contributed by atoms with E-state index in [1.807, 2.05) is 30.1 Å². The first-order valence-electron chi connectivity index (χ1n) is 6.69. The van der Waals surface area contributed by atoms with Crippen molar-refractivity contribution in [1.82, 2.24) is 15.1 Å². The molecule has 1 aromatic heterocycles. The predicted molar refractivity (Wildman–Crippen MR) is 76.1 cm³/mol. The van der Waals surface area contributed by atoms with Crippen molar-refractivity contribution in [3.8, 4) is 5.75 Å². The second-order valence-electron chi connectivity index (χ2n) is 5.00. The maximum Gasteiger partial charge on any atom is 0.132 e. The summed E-state index contributed by atoms with van der Waals surface area (Å²) in [5.41, 5.74) is 1.69. The first-order chi connectivity index (χ1) is 9.58. The van der Waals surface area contributed by atoms with Gasteiger partial charge in [-0.05, 0) is 44.7 Å². The zero-order valence-corrected chi connectivity index (χ0v) is 12.1. The molecule has 108 valence electrons. The van der Waals surface area contributed by atoms with Gasteiger partial charge < -0.3 is 10.1 Å². The minimum Gasteiger partial charge on any atom is -0.487 e. The van der Waals surface area contributed by atoms with Crippen LogP contribution in [0, 0.1) is 5.82 Å². The molecule has 0 saturated carbocycles. The minimum absolute atomic E-state index is 0.291. The van der Waals surface area contributed by atoms with Gasteiger partial charge in [0.25, 0.3) is 0 Å². The molecule has 0 saturated heterocycles. The van der Waals surface area contributed by atoms with Gasteiger partial charge in [0.1, 0.15) is 18.2 Å². The van der Waals surface area contributed by atoms with Crippen LogP contribution >= 0.6 is 0 Å². The summed E-state index contributed by atoms with van der Waals surface area (Å²) < 4.78 is 20.9. The molecule has 1 N–H and O–H groups in total. The Morgan fingerprint density at radius 3 is 2.80 bits per heavy atom. The van der Waals surface area contributed by atoms with Crippen molar-refractivity contribution in [2.45, 2.75) is 33.0 Å². The zero-order chi connectivity index (χ0) is 14.5. The van der Waals surface area contributed by atoms with Crippen molar-refractivity contribution in [2.75, 3.05) is 7.05 Å². The molecule has 0 aliphatic carbocycles. The number of nitrogens with one attached hydrogen (secondary N) is 1. The summed E-state index contributed by atoms with van der Waals surface area (Å²) >= 11 is 0. The quantitative estimate of drug-likeness (QED) is 0.882. The molecule has 0 radical (unpaired) electrons. The van der Waals surface area contributed by atoms with Crippen LogP contribution < -0.4 is 10.1 Å². The topological polar surface area (TPSA) is 39.1 Å². The average Bonchev–Trinajstić information content (AvgIpc) is 2.85. The number of benzene rings is 1. The number of hydrogen-bond acceptors (Lipinski definition) is 3. The van der Waals surface area contributed by atoms with Gasteiger partial charge in [-0.2, -0.15) is 5.10 Å². The first kappa shape index (κ1) is 14.5. The molecule has 0 aliphatic heterocycles. The van der Waals surface area contributed by atoms with Crippen LogP contribution in [0.3, 0.4) is 0 Å². The molecule has 0 amide bonds. The van der Waals surface area contributed by atoms with Gasteiger partial charge >= 0.3 is 0 Å². The van der Waals surface area contributed by atoms with E-state index >= 15 is 0 Å². The van der Waals surface area contributed by atoms with E-state index in [0.29, 0.717) is 24.9 Å². The van der Waals surface area contributed by atoms with Crippen molar-refractivity contribution in [3.63, 3.8) is 0 Å². The second kappa shape index (κ2) is 6.52. The molecule has 0 bridgehead atoms.